The van der Waals surface area contributed by atoms with E-state index in [0.717, 1.165) is 6.07 Å². The number of aromatic nitrogens is 1. The summed E-state index contributed by atoms with van der Waals surface area (Å²) >= 11 is 13.2. The van der Waals surface area contributed by atoms with Crippen LogP contribution in [0.2, 0.25) is 10.0 Å². The van der Waals surface area contributed by atoms with Crippen molar-refractivity contribution in [1.29, 1.82) is 0 Å². The highest BCUT2D eigenvalue weighted by Gasteiger charge is 2.32. The molecule has 2 N–H and O–H groups in total. The predicted molar refractivity (Wildman–Crippen MR) is 128 cm³/mol. The summed E-state index contributed by atoms with van der Waals surface area (Å²) in [6.45, 7) is 0. The largest absolute Gasteiger partial charge is 0.628 e. The normalized spacial score (nSPS) is 11.8. The van der Waals surface area contributed by atoms with Crippen LogP contribution in [0, 0.1) is 10.4 Å². The molecule has 4 aromatic rings. The Morgan fingerprint density at radius 2 is 1.66 bits per heavy atom. The van der Waals surface area contributed by atoms with E-state index in [1.54, 1.807) is 23.6 Å². The third-order valence-corrected chi connectivity index (χ3v) is 6.70. The Balaban J connectivity index is 1.81. The van der Waals surface area contributed by atoms with Gasteiger partial charge < -0.3 is 20.7 Å². The minimum absolute atomic E-state index is 0.201. The fraction of sp³-hybridized carbons (Fsp3) is 0.0435. The quantitative estimate of drug-likeness (QED) is 0.275. The molecule has 0 saturated carbocycles. The highest BCUT2D eigenvalue weighted by molar-refractivity contribution is 7.13. The van der Waals surface area contributed by atoms with Crippen molar-refractivity contribution < 1.29 is 28.3 Å². The van der Waals surface area contributed by atoms with Crippen molar-refractivity contribution in [3.05, 3.63) is 91.6 Å². The van der Waals surface area contributed by atoms with Crippen molar-refractivity contribution in [2.75, 3.05) is 0 Å². The van der Waals surface area contributed by atoms with Crippen molar-refractivity contribution in [2.45, 2.75) is 6.18 Å². The molecule has 0 atom stereocenters. The van der Waals surface area contributed by atoms with Gasteiger partial charge in [0.1, 0.15) is 10.7 Å². The van der Waals surface area contributed by atoms with Crippen LogP contribution in [0.15, 0.2) is 60.0 Å². The van der Waals surface area contributed by atoms with E-state index in [1.807, 2.05) is 0 Å². The zero-order valence-electron chi connectivity index (χ0n) is 17.2. The number of nitrogens with zero attached hydrogens (tertiary/aromatic N) is 1. The highest BCUT2D eigenvalue weighted by Crippen LogP contribution is 2.38. The Hall–Kier alpha value is -2.99. The SMILES string of the molecule is O=C(O)c1cc(-c2nc(-c3ccc(Cl)c(Cl)c3)cs2)ccc1-c1cc(C(F)(F)F)ccc1[NH+]([O-])[O-]. The first-order valence-electron chi connectivity index (χ1n) is 9.67. The number of alkyl halides is 3. The molecule has 1 aromatic heterocycles. The fourth-order valence-corrected chi connectivity index (χ4v) is 4.53. The van der Waals surface area contributed by atoms with Gasteiger partial charge in [-0.1, -0.05) is 41.4 Å². The third kappa shape index (κ3) is 5.18. The number of benzene rings is 3. The van der Waals surface area contributed by atoms with Crippen LogP contribution < -0.4 is 5.23 Å². The predicted octanol–water partition coefficient (Wildman–Crippen LogP) is 6.68. The standard InChI is InChI=1S/C23H12Cl2F3N2O4S/c24-17-5-2-11(8-18(17)25)19-10-35-21(29-19)12-1-4-14(16(7-12)22(31)32)15-9-13(23(26,27)28)3-6-20(15)30(33)34/h1-10,30H,(H,31,32)/q-1. The van der Waals surface area contributed by atoms with E-state index in [2.05, 4.69) is 4.98 Å². The van der Waals surface area contributed by atoms with E-state index in [4.69, 9.17) is 23.2 Å². The molecular weight excluding hydrogens is 528 g/mol. The molecule has 0 unspecified atom stereocenters. The Morgan fingerprint density at radius 1 is 0.943 bits per heavy atom. The summed E-state index contributed by atoms with van der Waals surface area (Å²) in [6, 6.07) is 10.8. The molecule has 0 spiro atoms. The number of hydrogen-bond acceptors (Lipinski definition) is 5. The number of carbonyl (C=O) groups is 1. The lowest BCUT2D eigenvalue weighted by Crippen LogP contribution is -2.96. The zero-order chi connectivity index (χ0) is 25.5. The molecule has 0 bridgehead atoms. The van der Waals surface area contributed by atoms with Crippen LogP contribution >= 0.6 is 34.5 Å². The van der Waals surface area contributed by atoms with Gasteiger partial charge in [0.25, 0.3) is 0 Å². The number of carboxylic acid groups (broad SMARTS) is 1. The van der Waals surface area contributed by atoms with Crippen molar-refractivity contribution in [1.82, 2.24) is 4.98 Å². The van der Waals surface area contributed by atoms with E-state index in [0.29, 0.717) is 44.0 Å². The monoisotopic (exact) mass is 539 g/mol. The minimum atomic E-state index is -4.76. The second kappa shape index (κ2) is 9.57. The Bertz CT molecular complexity index is 1440. The van der Waals surface area contributed by atoms with Crippen LogP contribution in [0.4, 0.5) is 18.9 Å². The van der Waals surface area contributed by atoms with E-state index < -0.39 is 39.7 Å². The molecule has 1 heterocycles. The van der Waals surface area contributed by atoms with Gasteiger partial charge in [0.05, 0.1) is 26.9 Å². The van der Waals surface area contributed by atoms with Crippen LogP contribution in [0.5, 0.6) is 0 Å². The van der Waals surface area contributed by atoms with Crippen molar-refractivity contribution >= 4 is 46.2 Å². The summed E-state index contributed by atoms with van der Waals surface area (Å²) in [4.78, 5) is 16.5. The number of aromatic carboxylic acids is 1. The van der Waals surface area contributed by atoms with E-state index in [-0.39, 0.29) is 5.56 Å². The van der Waals surface area contributed by atoms with Crippen LogP contribution in [0.3, 0.4) is 0 Å². The number of quaternary nitrogens is 1. The first-order valence-corrected chi connectivity index (χ1v) is 11.3. The summed E-state index contributed by atoms with van der Waals surface area (Å²) in [5.74, 6) is -1.45. The Kier molecular flexibility index (Phi) is 6.87. The van der Waals surface area contributed by atoms with E-state index in [9.17, 15) is 33.5 Å². The summed E-state index contributed by atoms with van der Waals surface area (Å²) in [7, 11) is 0. The third-order valence-electron chi connectivity index (χ3n) is 5.07. The lowest BCUT2D eigenvalue weighted by atomic mass is 9.94. The molecule has 0 radical (unpaired) electrons. The maximum Gasteiger partial charge on any atom is 0.416 e. The first kappa shape index (κ1) is 25.1. The van der Waals surface area contributed by atoms with Gasteiger partial charge in [-0.15, -0.1) is 11.3 Å². The van der Waals surface area contributed by atoms with Gasteiger partial charge in [-0.25, -0.2) is 9.78 Å². The van der Waals surface area contributed by atoms with Gasteiger partial charge in [-0.05, 0) is 30.3 Å². The minimum Gasteiger partial charge on any atom is -0.628 e. The van der Waals surface area contributed by atoms with E-state index >= 15 is 0 Å². The summed E-state index contributed by atoms with van der Waals surface area (Å²) in [5, 5.41) is 34.0. The van der Waals surface area contributed by atoms with Crippen molar-refractivity contribution in [2.24, 2.45) is 0 Å². The number of hydrogen-bond donors (Lipinski definition) is 2. The summed E-state index contributed by atoms with van der Waals surface area (Å²) in [5.41, 5.74) is -1.08. The lowest BCUT2D eigenvalue weighted by Gasteiger charge is -2.28. The van der Waals surface area contributed by atoms with Gasteiger partial charge in [-0.2, -0.15) is 13.2 Å². The van der Waals surface area contributed by atoms with Gasteiger partial charge >= 0.3 is 12.1 Å². The molecule has 0 aliphatic heterocycles. The molecule has 6 nitrogen and oxygen atoms in total. The average molecular weight is 540 g/mol. The number of rotatable bonds is 5. The molecule has 4 rings (SSSR count). The number of nitrogens with one attached hydrogen (secondary N) is 1. The smallest absolute Gasteiger partial charge is 0.416 e. The summed E-state index contributed by atoms with van der Waals surface area (Å²) in [6.07, 6.45) is -4.76. The molecule has 12 heteroatoms. The lowest BCUT2D eigenvalue weighted by molar-refractivity contribution is -0.714. The Morgan fingerprint density at radius 3 is 2.29 bits per heavy atom. The first-order chi connectivity index (χ1) is 16.5. The molecular formula is C23H12Cl2F3N2O4S-. The van der Waals surface area contributed by atoms with Gasteiger partial charge in [-0.3, -0.25) is 0 Å². The number of carboxylic acids is 1. The Labute approximate surface area is 210 Å². The molecule has 35 heavy (non-hydrogen) atoms. The molecule has 0 amide bonds. The van der Waals surface area contributed by atoms with Gasteiger partial charge in [0, 0.05) is 33.7 Å². The number of halogens is 5. The van der Waals surface area contributed by atoms with Crippen molar-refractivity contribution in [3.63, 3.8) is 0 Å². The fourth-order valence-electron chi connectivity index (χ4n) is 3.40. The van der Waals surface area contributed by atoms with Crippen molar-refractivity contribution in [3.8, 4) is 33.0 Å². The van der Waals surface area contributed by atoms with Crippen LogP contribution in [0.1, 0.15) is 15.9 Å². The van der Waals surface area contributed by atoms with Crippen LogP contribution in [0.25, 0.3) is 33.0 Å². The van der Waals surface area contributed by atoms with Crippen LogP contribution in [-0.2, 0) is 6.18 Å². The topological polar surface area (TPSA) is 101 Å². The molecule has 0 fully saturated rings. The average Bonchev–Trinajstić information content (AvgIpc) is 3.29. The second-order valence-electron chi connectivity index (χ2n) is 7.28. The molecule has 180 valence electrons. The number of thiazole rings is 1. The van der Waals surface area contributed by atoms with Gasteiger partial charge in [0.15, 0.2) is 0 Å². The summed E-state index contributed by atoms with van der Waals surface area (Å²) < 4.78 is 39.7. The maximum absolute atomic E-state index is 13.2. The van der Waals surface area contributed by atoms with Gasteiger partial charge in [0.2, 0.25) is 0 Å². The molecule has 0 saturated heterocycles. The van der Waals surface area contributed by atoms with E-state index in [1.165, 1.54) is 29.5 Å². The highest BCUT2D eigenvalue weighted by atomic mass is 35.5. The molecule has 0 aliphatic rings. The second-order valence-corrected chi connectivity index (χ2v) is 8.95. The zero-order valence-corrected chi connectivity index (χ0v) is 19.5. The molecule has 0 aliphatic carbocycles. The van der Waals surface area contributed by atoms with Crippen LogP contribution in [-0.4, -0.2) is 16.1 Å². The molecule has 3 aromatic carbocycles. The maximum atomic E-state index is 13.2.